The van der Waals surface area contributed by atoms with Crippen LogP contribution in [0.15, 0.2) is 41.5 Å². The summed E-state index contributed by atoms with van der Waals surface area (Å²) in [4.78, 5) is 22.6. The highest BCUT2D eigenvalue weighted by atomic mass is 35.5. The van der Waals surface area contributed by atoms with E-state index in [0.29, 0.717) is 36.2 Å². The van der Waals surface area contributed by atoms with Crippen molar-refractivity contribution in [2.45, 2.75) is 0 Å². The number of non-ortho nitro benzene ring substituents is 1. The Bertz CT molecular complexity index is 935. The number of hydrogen-bond acceptors (Lipinski definition) is 8. The number of halogens is 2. The van der Waals surface area contributed by atoms with Crippen molar-refractivity contribution < 1.29 is 14.6 Å². The van der Waals surface area contributed by atoms with Gasteiger partial charge < -0.3 is 9.64 Å². The fraction of sp³-hybridized carbons (Fsp3) is 0.278. The Hall–Kier alpha value is -3.11. The van der Waals surface area contributed by atoms with Crippen molar-refractivity contribution in [3.8, 4) is 5.75 Å². The summed E-state index contributed by atoms with van der Waals surface area (Å²) in [6.07, 6.45) is 1.43. The van der Waals surface area contributed by atoms with E-state index in [2.05, 4.69) is 10.5 Å². The standard InChI is InChI=1S/C18H19Cl2N5O5/c1-30-18-11-14(23(8-6-19)9-7-20)3-2-13(18)12-21-22-16-5-4-15(24(26)27)10-17(16)25(28)29/h2-5,10-12,22H,6-9H2,1H3/b21-12+. The number of ether oxygens (including phenoxy) is 1. The minimum absolute atomic E-state index is 0.0211. The molecule has 1 N–H and O–H groups in total. The van der Waals surface area contributed by atoms with E-state index in [4.69, 9.17) is 27.9 Å². The number of nitro groups is 2. The Morgan fingerprint density at radius 1 is 1.10 bits per heavy atom. The molecule has 0 bridgehead atoms. The Kier molecular flexibility index (Phi) is 8.63. The molecule has 160 valence electrons. The number of alkyl halides is 2. The summed E-state index contributed by atoms with van der Waals surface area (Å²) in [5.74, 6) is 1.42. The van der Waals surface area contributed by atoms with Crippen molar-refractivity contribution in [2.24, 2.45) is 5.10 Å². The lowest BCUT2D eigenvalue weighted by molar-refractivity contribution is -0.393. The molecule has 0 spiro atoms. The van der Waals surface area contributed by atoms with Crippen LogP contribution in [0.25, 0.3) is 0 Å². The van der Waals surface area contributed by atoms with Gasteiger partial charge in [0.1, 0.15) is 11.4 Å². The topological polar surface area (TPSA) is 123 Å². The van der Waals surface area contributed by atoms with Gasteiger partial charge in [0.05, 0.1) is 29.2 Å². The predicted octanol–water partition coefficient (Wildman–Crippen LogP) is 4.24. The smallest absolute Gasteiger partial charge is 0.301 e. The molecule has 0 amide bonds. The molecule has 0 aliphatic rings. The Balaban J connectivity index is 2.24. The number of nitrogens with zero attached hydrogens (tertiary/aromatic N) is 4. The van der Waals surface area contributed by atoms with Gasteiger partial charge in [0.25, 0.3) is 5.69 Å². The number of rotatable bonds is 11. The maximum Gasteiger partial charge on any atom is 0.301 e. The van der Waals surface area contributed by atoms with Crippen LogP contribution in [-0.4, -0.2) is 48.0 Å². The van der Waals surface area contributed by atoms with E-state index in [1.807, 2.05) is 17.0 Å². The zero-order valence-corrected chi connectivity index (χ0v) is 17.5. The molecule has 2 rings (SSSR count). The van der Waals surface area contributed by atoms with Crippen LogP contribution in [0.5, 0.6) is 5.75 Å². The molecule has 0 aromatic heterocycles. The van der Waals surface area contributed by atoms with Crippen molar-refractivity contribution in [3.05, 3.63) is 62.2 Å². The van der Waals surface area contributed by atoms with Crippen LogP contribution < -0.4 is 15.1 Å². The molecule has 0 saturated carbocycles. The van der Waals surface area contributed by atoms with E-state index < -0.39 is 15.5 Å². The fourth-order valence-corrected chi connectivity index (χ4v) is 3.04. The van der Waals surface area contributed by atoms with Gasteiger partial charge in [-0.3, -0.25) is 25.7 Å². The third-order valence-electron chi connectivity index (χ3n) is 4.07. The highest BCUT2D eigenvalue weighted by Gasteiger charge is 2.19. The monoisotopic (exact) mass is 455 g/mol. The average Bonchev–Trinajstić information content (AvgIpc) is 2.73. The van der Waals surface area contributed by atoms with Gasteiger partial charge in [-0.15, -0.1) is 23.2 Å². The van der Waals surface area contributed by atoms with Gasteiger partial charge in [0.15, 0.2) is 0 Å². The van der Waals surface area contributed by atoms with Gasteiger partial charge in [0, 0.05) is 48.2 Å². The summed E-state index contributed by atoms with van der Waals surface area (Å²) >= 11 is 11.7. The molecule has 0 radical (unpaired) electrons. The zero-order chi connectivity index (χ0) is 22.1. The summed E-state index contributed by atoms with van der Waals surface area (Å²) in [5, 5.41) is 26.0. The van der Waals surface area contributed by atoms with E-state index in [1.54, 1.807) is 6.07 Å². The third-order valence-corrected chi connectivity index (χ3v) is 4.41. The molecule has 0 unspecified atom stereocenters. The van der Waals surface area contributed by atoms with Crippen LogP contribution >= 0.6 is 23.2 Å². The number of hydrogen-bond donors (Lipinski definition) is 1. The van der Waals surface area contributed by atoms with E-state index in [-0.39, 0.29) is 11.4 Å². The number of anilines is 2. The third kappa shape index (κ3) is 5.94. The molecule has 12 heteroatoms. The Morgan fingerprint density at radius 3 is 2.37 bits per heavy atom. The van der Waals surface area contributed by atoms with Crippen molar-refractivity contribution in [3.63, 3.8) is 0 Å². The van der Waals surface area contributed by atoms with E-state index >= 15 is 0 Å². The highest BCUT2D eigenvalue weighted by molar-refractivity contribution is 6.18. The second-order valence-corrected chi connectivity index (χ2v) is 6.63. The number of nitrogens with one attached hydrogen (secondary N) is 1. The molecule has 10 nitrogen and oxygen atoms in total. The molecule has 0 atom stereocenters. The molecule has 0 aliphatic heterocycles. The van der Waals surface area contributed by atoms with Gasteiger partial charge in [-0.05, 0) is 18.2 Å². The second kappa shape index (κ2) is 11.2. The van der Waals surface area contributed by atoms with Crippen molar-refractivity contribution in [1.29, 1.82) is 0 Å². The van der Waals surface area contributed by atoms with E-state index in [1.165, 1.54) is 19.4 Å². The SMILES string of the molecule is COc1cc(N(CCCl)CCCl)ccc1/C=N/Nc1ccc([N+](=O)[O-])cc1[N+](=O)[O-]. The molecular weight excluding hydrogens is 437 g/mol. The van der Waals surface area contributed by atoms with Gasteiger partial charge in [-0.25, -0.2) is 0 Å². The quantitative estimate of drug-likeness (QED) is 0.232. The van der Waals surface area contributed by atoms with E-state index in [9.17, 15) is 20.2 Å². The number of hydrazone groups is 1. The molecule has 0 aliphatic carbocycles. The highest BCUT2D eigenvalue weighted by Crippen LogP contribution is 2.29. The van der Waals surface area contributed by atoms with Crippen molar-refractivity contribution in [1.82, 2.24) is 0 Å². The first kappa shape index (κ1) is 23.2. The molecule has 30 heavy (non-hydrogen) atoms. The fourth-order valence-electron chi connectivity index (χ4n) is 2.63. The first-order valence-corrected chi connectivity index (χ1v) is 9.75. The van der Waals surface area contributed by atoms with Gasteiger partial charge in [-0.2, -0.15) is 5.10 Å². The van der Waals surface area contributed by atoms with Gasteiger partial charge >= 0.3 is 5.69 Å². The maximum absolute atomic E-state index is 11.2. The lowest BCUT2D eigenvalue weighted by Crippen LogP contribution is -2.27. The van der Waals surface area contributed by atoms with Gasteiger partial charge in [-0.1, -0.05) is 0 Å². The largest absolute Gasteiger partial charge is 0.496 e. The molecule has 0 heterocycles. The summed E-state index contributed by atoms with van der Waals surface area (Å²) < 4.78 is 5.40. The normalized spacial score (nSPS) is 10.8. The molecule has 2 aromatic rings. The van der Waals surface area contributed by atoms with Crippen LogP contribution in [0.3, 0.4) is 0 Å². The molecule has 0 fully saturated rings. The lowest BCUT2D eigenvalue weighted by atomic mass is 10.2. The number of benzene rings is 2. The lowest BCUT2D eigenvalue weighted by Gasteiger charge is -2.23. The van der Waals surface area contributed by atoms with Gasteiger partial charge in [0.2, 0.25) is 0 Å². The summed E-state index contributed by atoms with van der Waals surface area (Å²) in [5.41, 5.74) is 3.22. The predicted molar refractivity (Wildman–Crippen MR) is 118 cm³/mol. The average molecular weight is 456 g/mol. The van der Waals surface area contributed by atoms with E-state index in [0.717, 1.165) is 17.8 Å². The zero-order valence-electron chi connectivity index (χ0n) is 16.0. The van der Waals surface area contributed by atoms with Crippen LogP contribution in [0.4, 0.5) is 22.7 Å². The Labute approximate surface area is 182 Å². The number of nitro benzene ring substituents is 2. The van der Waals surface area contributed by atoms with Crippen molar-refractivity contribution >= 4 is 52.2 Å². The summed E-state index contributed by atoms with van der Waals surface area (Å²) in [7, 11) is 1.51. The summed E-state index contributed by atoms with van der Waals surface area (Å²) in [6.45, 7) is 1.24. The van der Waals surface area contributed by atoms with Crippen LogP contribution in [0, 0.1) is 20.2 Å². The summed E-state index contributed by atoms with van der Waals surface area (Å²) in [6, 6.07) is 8.70. The van der Waals surface area contributed by atoms with Crippen LogP contribution in [0.1, 0.15) is 5.56 Å². The van der Waals surface area contributed by atoms with Crippen molar-refractivity contribution in [2.75, 3.05) is 42.3 Å². The molecular formula is C18H19Cl2N5O5. The minimum Gasteiger partial charge on any atom is -0.496 e. The Morgan fingerprint density at radius 2 is 1.80 bits per heavy atom. The first-order chi connectivity index (χ1) is 14.4. The number of methoxy groups -OCH3 is 1. The first-order valence-electron chi connectivity index (χ1n) is 8.68. The van der Waals surface area contributed by atoms with Crippen LogP contribution in [-0.2, 0) is 0 Å². The molecule has 2 aromatic carbocycles. The minimum atomic E-state index is -0.720. The van der Waals surface area contributed by atoms with Crippen LogP contribution in [0.2, 0.25) is 0 Å². The molecule has 0 saturated heterocycles. The maximum atomic E-state index is 11.2. The second-order valence-electron chi connectivity index (χ2n) is 5.88.